The lowest BCUT2D eigenvalue weighted by Gasteiger charge is -2.35. The Morgan fingerprint density at radius 3 is 2.42 bits per heavy atom. The molecule has 0 aliphatic carbocycles. The van der Waals surface area contributed by atoms with Gasteiger partial charge in [-0.3, -0.25) is 9.47 Å². The first-order valence-electron chi connectivity index (χ1n) is 9.02. The monoisotopic (exact) mass is 350 g/mol. The van der Waals surface area contributed by atoms with Crippen molar-refractivity contribution >= 4 is 5.95 Å². The van der Waals surface area contributed by atoms with Crippen LogP contribution in [0.15, 0.2) is 60.9 Å². The highest BCUT2D eigenvalue weighted by molar-refractivity contribution is 5.44. The summed E-state index contributed by atoms with van der Waals surface area (Å²) in [6, 6.07) is 15.6. The zero-order chi connectivity index (χ0) is 17.9. The summed E-state index contributed by atoms with van der Waals surface area (Å²) in [6.07, 6.45) is 3.56. The van der Waals surface area contributed by atoms with Gasteiger partial charge in [-0.05, 0) is 24.6 Å². The summed E-state index contributed by atoms with van der Waals surface area (Å²) in [4.78, 5) is 9.17. The second-order valence-corrected chi connectivity index (χ2v) is 6.80. The van der Waals surface area contributed by atoms with E-state index in [2.05, 4.69) is 46.0 Å². The molecule has 134 valence electrons. The van der Waals surface area contributed by atoms with Crippen LogP contribution in [-0.4, -0.2) is 40.6 Å². The minimum atomic E-state index is -0.232. The van der Waals surface area contributed by atoms with Gasteiger partial charge in [0.15, 0.2) is 0 Å². The Hall–Kier alpha value is -2.66. The van der Waals surface area contributed by atoms with Crippen LogP contribution < -0.4 is 4.90 Å². The minimum absolute atomic E-state index is 0.232. The molecule has 3 aromatic rings. The van der Waals surface area contributed by atoms with E-state index in [1.807, 2.05) is 16.8 Å². The molecule has 1 aliphatic rings. The lowest BCUT2D eigenvalue weighted by molar-refractivity contribution is 0.248. The number of piperazine rings is 1. The maximum atomic E-state index is 14.2. The number of benzene rings is 2. The number of rotatable bonds is 4. The van der Waals surface area contributed by atoms with Crippen LogP contribution in [0, 0.1) is 12.7 Å². The van der Waals surface area contributed by atoms with E-state index in [1.165, 1.54) is 17.2 Å². The van der Waals surface area contributed by atoms with Crippen molar-refractivity contribution in [3.05, 3.63) is 77.9 Å². The van der Waals surface area contributed by atoms with E-state index in [9.17, 15) is 4.39 Å². The van der Waals surface area contributed by atoms with E-state index >= 15 is 0 Å². The summed E-state index contributed by atoms with van der Waals surface area (Å²) in [5.41, 5.74) is 3.18. The SMILES string of the molecule is Cc1ccc(CN2CCN(c3nccn3-c3ccccc3F)CC2)cc1. The number of para-hydroxylation sites is 1. The van der Waals surface area contributed by atoms with Crippen LogP contribution in [0.3, 0.4) is 0 Å². The summed E-state index contributed by atoms with van der Waals surface area (Å²) in [5.74, 6) is 0.579. The molecule has 1 fully saturated rings. The fourth-order valence-electron chi connectivity index (χ4n) is 3.42. The fourth-order valence-corrected chi connectivity index (χ4v) is 3.42. The predicted molar refractivity (Wildman–Crippen MR) is 102 cm³/mol. The van der Waals surface area contributed by atoms with Gasteiger partial charge in [0.1, 0.15) is 5.82 Å². The van der Waals surface area contributed by atoms with Gasteiger partial charge in [0.05, 0.1) is 5.69 Å². The van der Waals surface area contributed by atoms with E-state index in [0.29, 0.717) is 5.69 Å². The number of hydrogen-bond acceptors (Lipinski definition) is 3. The molecule has 2 heterocycles. The molecule has 5 heteroatoms. The molecule has 0 radical (unpaired) electrons. The van der Waals surface area contributed by atoms with Gasteiger partial charge in [0.25, 0.3) is 0 Å². The molecule has 0 bridgehead atoms. The number of halogens is 1. The molecule has 26 heavy (non-hydrogen) atoms. The molecule has 0 spiro atoms. The van der Waals surface area contributed by atoms with Crippen LogP contribution in [0.1, 0.15) is 11.1 Å². The average Bonchev–Trinajstić information content (AvgIpc) is 3.14. The maximum Gasteiger partial charge on any atom is 0.210 e. The maximum absolute atomic E-state index is 14.2. The van der Waals surface area contributed by atoms with Gasteiger partial charge in [0.2, 0.25) is 5.95 Å². The third-order valence-electron chi connectivity index (χ3n) is 4.92. The molecule has 1 aromatic heterocycles. The van der Waals surface area contributed by atoms with Gasteiger partial charge < -0.3 is 4.90 Å². The Labute approximate surface area is 153 Å². The highest BCUT2D eigenvalue weighted by Gasteiger charge is 2.21. The Bertz CT molecular complexity index is 864. The van der Waals surface area contributed by atoms with Crippen LogP contribution in [-0.2, 0) is 6.54 Å². The van der Waals surface area contributed by atoms with Crippen molar-refractivity contribution in [3.63, 3.8) is 0 Å². The van der Waals surface area contributed by atoms with Crippen molar-refractivity contribution in [2.75, 3.05) is 31.1 Å². The molecular weight excluding hydrogens is 327 g/mol. The summed E-state index contributed by atoms with van der Waals surface area (Å²) in [5, 5.41) is 0. The normalized spacial score (nSPS) is 15.4. The average molecular weight is 350 g/mol. The third kappa shape index (κ3) is 3.48. The third-order valence-corrected chi connectivity index (χ3v) is 4.92. The van der Waals surface area contributed by atoms with Crippen LogP contribution in [0.5, 0.6) is 0 Å². The zero-order valence-corrected chi connectivity index (χ0v) is 15.0. The highest BCUT2D eigenvalue weighted by Crippen LogP contribution is 2.22. The van der Waals surface area contributed by atoms with Crippen molar-refractivity contribution in [1.29, 1.82) is 0 Å². The second-order valence-electron chi connectivity index (χ2n) is 6.80. The number of hydrogen-bond donors (Lipinski definition) is 0. The molecule has 1 aliphatic heterocycles. The van der Waals surface area contributed by atoms with E-state index in [4.69, 9.17) is 0 Å². The summed E-state index contributed by atoms with van der Waals surface area (Å²) < 4.78 is 16.0. The van der Waals surface area contributed by atoms with E-state index in [1.54, 1.807) is 18.3 Å². The molecule has 4 nitrogen and oxygen atoms in total. The molecular formula is C21H23FN4. The number of anilines is 1. The predicted octanol–water partition coefficient (Wildman–Crippen LogP) is 3.64. The number of aryl methyl sites for hydroxylation is 1. The Kier molecular flexibility index (Phi) is 4.71. The summed E-state index contributed by atoms with van der Waals surface area (Å²) >= 11 is 0. The van der Waals surface area contributed by atoms with E-state index in [-0.39, 0.29) is 5.82 Å². The van der Waals surface area contributed by atoms with Crippen molar-refractivity contribution in [3.8, 4) is 5.69 Å². The highest BCUT2D eigenvalue weighted by atomic mass is 19.1. The smallest absolute Gasteiger partial charge is 0.210 e. The Morgan fingerprint density at radius 1 is 0.962 bits per heavy atom. The number of imidazole rings is 1. The molecule has 0 atom stereocenters. The fraction of sp³-hybridized carbons (Fsp3) is 0.286. The molecule has 0 N–H and O–H groups in total. The van der Waals surface area contributed by atoms with E-state index < -0.39 is 0 Å². The van der Waals surface area contributed by atoms with Crippen molar-refractivity contribution in [2.45, 2.75) is 13.5 Å². The first-order valence-corrected chi connectivity index (χ1v) is 9.02. The van der Waals surface area contributed by atoms with Crippen LogP contribution in [0.2, 0.25) is 0 Å². The van der Waals surface area contributed by atoms with Crippen molar-refractivity contribution < 1.29 is 4.39 Å². The first-order chi connectivity index (χ1) is 12.7. The minimum Gasteiger partial charge on any atom is -0.339 e. The Morgan fingerprint density at radius 2 is 1.69 bits per heavy atom. The van der Waals surface area contributed by atoms with Crippen molar-refractivity contribution in [1.82, 2.24) is 14.5 Å². The van der Waals surface area contributed by atoms with Crippen LogP contribution >= 0.6 is 0 Å². The topological polar surface area (TPSA) is 24.3 Å². The Balaban J connectivity index is 1.44. The standard InChI is InChI=1S/C21H23FN4/c1-17-6-8-18(9-7-17)16-24-12-14-25(15-13-24)21-23-10-11-26(21)20-5-3-2-4-19(20)22/h2-11H,12-16H2,1H3. The van der Waals surface area contributed by atoms with Gasteiger partial charge in [-0.1, -0.05) is 42.0 Å². The number of nitrogens with zero attached hydrogens (tertiary/aromatic N) is 4. The van der Waals surface area contributed by atoms with Gasteiger partial charge in [-0.25, -0.2) is 9.37 Å². The lowest BCUT2D eigenvalue weighted by atomic mass is 10.1. The largest absolute Gasteiger partial charge is 0.339 e. The van der Waals surface area contributed by atoms with Gasteiger partial charge >= 0.3 is 0 Å². The second kappa shape index (κ2) is 7.30. The molecule has 0 amide bonds. The molecule has 1 saturated heterocycles. The quantitative estimate of drug-likeness (QED) is 0.718. The summed E-state index contributed by atoms with van der Waals surface area (Å²) in [7, 11) is 0. The molecule has 0 saturated carbocycles. The first kappa shape index (κ1) is 16.8. The molecule has 2 aromatic carbocycles. The van der Waals surface area contributed by atoms with Crippen molar-refractivity contribution in [2.24, 2.45) is 0 Å². The molecule has 0 unspecified atom stereocenters. The zero-order valence-electron chi connectivity index (χ0n) is 15.0. The van der Waals surface area contributed by atoms with Gasteiger partial charge in [-0.2, -0.15) is 0 Å². The summed E-state index contributed by atoms with van der Waals surface area (Å²) in [6.45, 7) is 6.79. The van der Waals surface area contributed by atoms with Crippen LogP contribution in [0.25, 0.3) is 5.69 Å². The lowest BCUT2D eigenvalue weighted by Crippen LogP contribution is -2.46. The van der Waals surface area contributed by atoms with Gasteiger partial charge in [-0.15, -0.1) is 0 Å². The van der Waals surface area contributed by atoms with E-state index in [0.717, 1.165) is 38.7 Å². The molecule has 4 rings (SSSR count). The van der Waals surface area contributed by atoms with Gasteiger partial charge in [0, 0.05) is 45.1 Å². The van der Waals surface area contributed by atoms with Crippen LogP contribution in [0.4, 0.5) is 10.3 Å². The number of aromatic nitrogens is 2.